The Morgan fingerprint density at radius 3 is 2.08 bits per heavy atom. The highest BCUT2D eigenvalue weighted by Crippen LogP contribution is 2.36. The van der Waals surface area contributed by atoms with Gasteiger partial charge in [0.05, 0.1) is 0 Å². The van der Waals surface area contributed by atoms with Crippen LogP contribution < -0.4 is 10.1 Å². The van der Waals surface area contributed by atoms with Gasteiger partial charge in [-0.2, -0.15) is 0 Å². The van der Waals surface area contributed by atoms with Gasteiger partial charge in [0.2, 0.25) is 0 Å². The van der Waals surface area contributed by atoms with Gasteiger partial charge in [0.1, 0.15) is 11.5 Å². The summed E-state index contributed by atoms with van der Waals surface area (Å²) < 4.78 is 5.73. The van der Waals surface area contributed by atoms with Crippen molar-refractivity contribution >= 4 is 16.8 Å². The molecule has 2 nitrogen and oxygen atoms in total. The Hall–Kier alpha value is -8.20. The van der Waals surface area contributed by atoms with Crippen LogP contribution >= 0.6 is 0 Å². The summed E-state index contributed by atoms with van der Waals surface area (Å²) in [5, 5.41) is 3.25. The number of rotatable bonds is 18. The Bertz CT molecular complexity index is 3000. The minimum atomic E-state index is 0.330. The molecule has 0 bridgehead atoms. The molecular weight excluding hydrogens is 907 g/mol. The largest absolute Gasteiger partial charge is 0.457 e. The smallest absolute Gasteiger partial charge is 0.130 e. The highest BCUT2D eigenvalue weighted by atomic mass is 16.5. The van der Waals surface area contributed by atoms with Gasteiger partial charge in [-0.3, -0.25) is 0 Å². The van der Waals surface area contributed by atoms with Gasteiger partial charge >= 0.3 is 0 Å². The predicted octanol–water partition coefficient (Wildman–Crippen LogP) is 20.4. The van der Waals surface area contributed by atoms with Gasteiger partial charge in [-0.25, -0.2) is 0 Å². The number of aryl methyl sites for hydroxylation is 3. The summed E-state index contributed by atoms with van der Waals surface area (Å²) in [6.45, 7) is 30.2. The van der Waals surface area contributed by atoms with Crippen molar-refractivity contribution in [3.8, 4) is 16.9 Å². The van der Waals surface area contributed by atoms with Crippen molar-refractivity contribution in [1.29, 1.82) is 0 Å². The highest BCUT2D eigenvalue weighted by molar-refractivity contribution is 5.86. The Balaban J connectivity index is 0.000000218. The Kier molecular flexibility index (Phi) is 26.5. The summed E-state index contributed by atoms with van der Waals surface area (Å²) in [6, 6.07) is 42.3. The van der Waals surface area contributed by atoms with Crippen LogP contribution in [-0.2, 0) is 12.8 Å². The molecule has 2 aliphatic rings. The maximum atomic E-state index is 5.73. The van der Waals surface area contributed by atoms with Crippen LogP contribution in [0.15, 0.2) is 291 Å². The second-order valence-corrected chi connectivity index (χ2v) is 18.1. The quantitative estimate of drug-likeness (QED) is 0.0698. The Morgan fingerprint density at radius 2 is 1.44 bits per heavy atom. The van der Waals surface area contributed by atoms with Crippen LogP contribution in [0.25, 0.3) is 22.3 Å². The summed E-state index contributed by atoms with van der Waals surface area (Å²) >= 11 is 0. The third-order valence-corrected chi connectivity index (χ3v) is 12.4. The normalized spacial score (nSPS) is 14.5. The number of benzene rings is 5. The fourth-order valence-corrected chi connectivity index (χ4v) is 8.47. The zero-order valence-corrected chi connectivity index (χ0v) is 46.2. The summed E-state index contributed by atoms with van der Waals surface area (Å²) in [5.74, 6) is 2.00. The van der Waals surface area contributed by atoms with Gasteiger partial charge in [0, 0.05) is 18.7 Å². The molecule has 1 atom stereocenters. The monoisotopic (exact) mass is 988 g/mol. The topological polar surface area (TPSA) is 21.3 Å². The SMILES string of the molecule is C/C=C\C(=C/Cc1ccccc1NC)c1ccc(C)cc1.C=C/C=C(\C=C)c1ccc(CCC)cc1-c1ccccc1.C=C/C=C(\C=C/C)Oc1ccccc1C.C=C1C(C2=CCC=C2)=CC=C(C)C1/C=C\C=C/C. The molecule has 1 N–H and O–H groups in total. The molecular formula is C73H81NO. The van der Waals surface area contributed by atoms with Crippen molar-refractivity contribution in [2.24, 2.45) is 5.92 Å². The molecule has 0 saturated carbocycles. The molecule has 0 amide bonds. The van der Waals surface area contributed by atoms with E-state index in [4.69, 9.17) is 4.74 Å². The van der Waals surface area contributed by atoms with E-state index in [9.17, 15) is 0 Å². The molecule has 0 saturated heterocycles. The van der Waals surface area contributed by atoms with E-state index in [1.807, 2.05) is 101 Å². The molecule has 2 aliphatic carbocycles. The van der Waals surface area contributed by atoms with Crippen LogP contribution in [0.3, 0.4) is 0 Å². The zero-order chi connectivity index (χ0) is 54.2. The summed E-state index contributed by atoms with van der Waals surface area (Å²) in [6.07, 6.45) is 43.4. The minimum absolute atomic E-state index is 0.330. The van der Waals surface area contributed by atoms with E-state index in [0.717, 1.165) is 48.3 Å². The fourth-order valence-electron chi connectivity index (χ4n) is 8.47. The van der Waals surface area contributed by atoms with Crippen LogP contribution in [0.5, 0.6) is 5.75 Å². The number of anilines is 1. The molecule has 7 rings (SSSR count). The first-order chi connectivity index (χ1) is 36.5. The van der Waals surface area contributed by atoms with Gasteiger partial charge in [-0.05, 0) is 152 Å². The standard InChI is InChI=1S/C21H22.C20H23N.C18H20.C14H16O/c1-4-10-17-14-15-20(18(6-3)11-5-2)21(16-17)19-12-8-7-9-13-19;1-4-7-17(18-12-10-16(2)11-13-18)14-15-19-8-5-6-9-20(19)21-3;1-4-5-6-11-17-14(2)12-13-18(15(17)3)16-9-7-8-10-16;1-4-8-13(9-5-2)15-14-11-7-6-10-12(14)3/h5-9,11-16H,2-4,10H2,1H3;4-14,21H,15H2,1-3H3;4-7,9-13,17H,3,8H2,1-2H3;4-11H,1H2,2-3H3/b18-11+;7-4-,17-14+;5-4-,11-6-;9-5-,13-8+. The minimum Gasteiger partial charge on any atom is -0.457 e. The number of para-hydroxylation sites is 2. The van der Waals surface area contributed by atoms with Crippen molar-refractivity contribution in [3.05, 3.63) is 325 Å². The first-order valence-electron chi connectivity index (χ1n) is 26.3. The van der Waals surface area contributed by atoms with Gasteiger partial charge in [-0.15, -0.1) is 0 Å². The first-order valence-corrected chi connectivity index (χ1v) is 26.3. The maximum Gasteiger partial charge on any atom is 0.130 e. The van der Waals surface area contributed by atoms with E-state index >= 15 is 0 Å². The average Bonchev–Trinajstić information content (AvgIpc) is 3.97. The lowest BCUT2D eigenvalue weighted by Crippen LogP contribution is -2.09. The third kappa shape index (κ3) is 19.3. The Morgan fingerprint density at radius 1 is 0.733 bits per heavy atom. The molecule has 384 valence electrons. The second-order valence-electron chi connectivity index (χ2n) is 18.1. The van der Waals surface area contributed by atoms with Gasteiger partial charge in [0.15, 0.2) is 0 Å². The molecule has 0 fully saturated rings. The van der Waals surface area contributed by atoms with E-state index in [2.05, 4.69) is 217 Å². The molecule has 2 heteroatoms. The van der Waals surface area contributed by atoms with Crippen molar-refractivity contribution in [3.63, 3.8) is 0 Å². The number of hydrogen-bond acceptors (Lipinski definition) is 2. The first kappa shape index (κ1) is 59.4. The van der Waals surface area contributed by atoms with Crippen molar-refractivity contribution in [1.82, 2.24) is 0 Å². The predicted molar refractivity (Wildman–Crippen MR) is 333 cm³/mol. The molecule has 0 heterocycles. The molecule has 0 aromatic heterocycles. The van der Waals surface area contributed by atoms with Crippen molar-refractivity contribution < 1.29 is 4.74 Å². The van der Waals surface area contributed by atoms with Crippen LogP contribution in [0.4, 0.5) is 5.69 Å². The number of allylic oxidation sites excluding steroid dienone is 25. The number of nitrogens with one attached hydrogen (secondary N) is 1. The molecule has 0 radical (unpaired) electrons. The van der Waals surface area contributed by atoms with Crippen molar-refractivity contribution in [2.75, 3.05) is 12.4 Å². The van der Waals surface area contributed by atoms with Crippen LogP contribution in [0.2, 0.25) is 0 Å². The van der Waals surface area contributed by atoms with E-state index in [0.29, 0.717) is 5.92 Å². The molecule has 75 heavy (non-hydrogen) atoms. The van der Waals surface area contributed by atoms with Gasteiger partial charge in [0.25, 0.3) is 0 Å². The van der Waals surface area contributed by atoms with E-state index in [1.54, 1.807) is 6.08 Å². The molecule has 5 aromatic rings. The van der Waals surface area contributed by atoms with E-state index < -0.39 is 0 Å². The van der Waals surface area contributed by atoms with Crippen LogP contribution in [-0.4, -0.2) is 7.05 Å². The lowest BCUT2D eigenvalue weighted by Gasteiger charge is -2.23. The third-order valence-electron chi connectivity index (χ3n) is 12.4. The van der Waals surface area contributed by atoms with Crippen LogP contribution in [0, 0.1) is 19.8 Å². The second kappa shape index (κ2) is 33.5. The van der Waals surface area contributed by atoms with E-state index in [1.165, 1.54) is 72.5 Å². The molecule has 1 unspecified atom stereocenters. The zero-order valence-electron chi connectivity index (χ0n) is 46.2. The highest BCUT2D eigenvalue weighted by Gasteiger charge is 2.20. The fraction of sp³-hybridized carbons (Fsp3) is 0.178. The molecule has 0 spiro atoms. The molecule has 5 aromatic carbocycles. The lowest BCUT2D eigenvalue weighted by atomic mass is 9.81. The van der Waals surface area contributed by atoms with Gasteiger partial charge in [-0.1, -0.05) is 263 Å². The average molecular weight is 988 g/mol. The number of ether oxygens (including phenoxy) is 1. The Labute approximate surface area is 453 Å². The van der Waals surface area contributed by atoms with Crippen molar-refractivity contribution in [2.45, 2.75) is 74.1 Å². The lowest BCUT2D eigenvalue weighted by molar-refractivity contribution is 0.441. The summed E-state index contributed by atoms with van der Waals surface area (Å²) in [4.78, 5) is 0. The summed E-state index contributed by atoms with van der Waals surface area (Å²) in [5.41, 5.74) is 18.8. The summed E-state index contributed by atoms with van der Waals surface area (Å²) in [7, 11) is 1.97. The van der Waals surface area contributed by atoms with Crippen LogP contribution in [0.1, 0.15) is 80.8 Å². The van der Waals surface area contributed by atoms with Gasteiger partial charge < -0.3 is 10.1 Å². The van der Waals surface area contributed by atoms with E-state index in [-0.39, 0.29) is 0 Å². The maximum absolute atomic E-state index is 5.73. The molecule has 0 aliphatic heterocycles. The number of hydrogen-bond donors (Lipinski definition) is 1.